The predicted molar refractivity (Wildman–Crippen MR) is 106 cm³/mol. The van der Waals surface area contributed by atoms with Gasteiger partial charge in [0.1, 0.15) is 0 Å². The molecule has 0 atom stereocenters. The number of hydrogen-bond donors (Lipinski definition) is 0. The molecule has 0 N–H and O–H groups in total. The van der Waals surface area contributed by atoms with Crippen LogP contribution in [0.5, 0.6) is 0 Å². The molecule has 2 aromatic rings. The first-order valence-electron chi connectivity index (χ1n) is 8.12. The van der Waals surface area contributed by atoms with E-state index in [4.69, 9.17) is 0 Å². The van der Waals surface area contributed by atoms with E-state index in [1.165, 1.54) is 5.56 Å². The van der Waals surface area contributed by atoms with Gasteiger partial charge in [-0.05, 0) is 41.3 Å². The number of allylic oxidation sites excluding steroid dienone is 4. The third-order valence-electron chi connectivity index (χ3n) is 3.41. The third kappa shape index (κ3) is 5.81. The molecule has 0 aromatic heterocycles. The minimum absolute atomic E-state index is 0.0887. The van der Waals surface area contributed by atoms with Crippen LogP contribution in [0, 0.1) is 0 Å². The van der Waals surface area contributed by atoms with Gasteiger partial charge in [0.05, 0.1) is 11.4 Å². The summed E-state index contributed by atoms with van der Waals surface area (Å²) in [5.74, 6) is 0. The molecule has 0 heterocycles. The van der Waals surface area contributed by atoms with Crippen molar-refractivity contribution < 1.29 is 0 Å². The third-order valence-corrected chi connectivity index (χ3v) is 3.41. The molecule has 0 aliphatic carbocycles. The van der Waals surface area contributed by atoms with Gasteiger partial charge in [0.25, 0.3) is 0 Å². The molecule has 0 aliphatic rings. The highest BCUT2D eigenvalue weighted by Gasteiger charge is 2.16. The van der Waals surface area contributed by atoms with Crippen molar-refractivity contribution in [1.82, 2.24) is 0 Å². The lowest BCUT2D eigenvalue weighted by molar-refractivity contribution is 0.591. The number of nitrogens with zero attached hydrogens (tertiary/aromatic N) is 2. The number of hydrogen-bond acceptors (Lipinski definition) is 2. The van der Waals surface area contributed by atoms with Gasteiger partial charge in [0.2, 0.25) is 0 Å². The molecule has 0 unspecified atom stereocenters. The van der Waals surface area contributed by atoms with Crippen molar-refractivity contribution in [2.24, 2.45) is 9.98 Å². The van der Waals surface area contributed by atoms with Gasteiger partial charge in [-0.3, -0.25) is 9.98 Å². The topological polar surface area (TPSA) is 24.7 Å². The van der Waals surface area contributed by atoms with Gasteiger partial charge < -0.3 is 0 Å². The van der Waals surface area contributed by atoms with Crippen LogP contribution in [0.15, 0.2) is 88.9 Å². The van der Waals surface area contributed by atoms with E-state index in [0.29, 0.717) is 0 Å². The highest BCUT2D eigenvalue weighted by molar-refractivity contribution is 5.77. The largest absolute Gasteiger partial charge is 0.257 e. The van der Waals surface area contributed by atoms with Crippen LogP contribution >= 0.6 is 0 Å². The summed E-state index contributed by atoms with van der Waals surface area (Å²) >= 11 is 0. The number of rotatable bonds is 5. The van der Waals surface area contributed by atoms with E-state index >= 15 is 0 Å². The Bertz CT molecular complexity index is 745. The molecule has 0 aliphatic heterocycles. The van der Waals surface area contributed by atoms with Gasteiger partial charge in [-0.2, -0.15) is 0 Å². The molecule has 0 fully saturated rings. The molecular weight excluding hydrogens is 292 g/mol. The van der Waals surface area contributed by atoms with E-state index < -0.39 is 0 Å². The maximum atomic E-state index is 4.56. The fourth-order valence-corrected chi connectivity index (χ4v) is 2.21. The molecule has 2 heteroatoms. The average molecular weight is 316 g/mol. The van der Waals surface area contributed by atoms with Crippen molar-refractivity contribution in [1.29, 1.82) is 0 Å². The van der Waals surface area contributed by atoms with Crippen molar-refractivity contribution in [3.63, 3.8) is 0 Å². The lowest BCUT2D eigenvalue weighted by atomic mass is 9.86. The summed E-state index contributed by atoms with van der Waals surface area (Å²) in [6.45, 7) is 6.60. The number of para-hydroxylation sites is 2. The fraction of sp³-hybridized carbons (Fsp3) is 0.182. The number of aliphatic imine (C=N–C) groups is 2. The van der Waals surface area contributed by atoms with Crippen LogP contribution in [0.1, 0.15) is 26.3 Å². The van der Waals surface area contributed by atoms with Gasteiger partial charge in [-0.25, -0.2) is 0 Å². The first-order valence-corrected chi connectivity index (χ1v) is 8.12. The molecule has 122 valence electrons. The molecule has 0 saturated carbocycles. The molecule has 24 heavy (non-hydrogen) atoms. The van der Waals surface area contributed by atoms with Crippen molar-refractivity contribution in [3.8, 4) is 0 Å². The number of benzene rings is 2. The summed E-state index contributed by atoms with van der Waals surface area (Å²) in [4.78, 5) is 8.89. The summed E-state index contributed by atoms with van der Waals surface area (Å²) in [5.41, 5.74) is 3.31. The summed E-state index contributed by atoms with van der Waals surface area (Å²) in [7, 11) is 0. The molecular formula is C22H24N2. The van der Waals surface area contributed by atoms with Gasteiger partial charge in [0, 0.05) is 12.4 Å². The molecule has 0 saturated heterocycles. The van der Waals surface area contributed by atoms with E-state index in [1.807, 2.05) is 73.0 Å². The Morgan fingerprint density at radius 1 is 0.667 bits per heavy atom. The maximum absolute atomic E-state index is 4.56. The zero-order chi connectivity index (χ0) is 17.3. The SMILES string of the molecule is CC(C)(C)c1ccccc1N=C/C=C\C=C/C=Nc1ccccc1. The zero-order valence-corrected chi connectivity index (χ0v) is 14.6. The summed E-state index contributed by atoms with van der Waals surface area (Å²) in [6.07, 6.45) is 11.3. The van der Waals surface area contributed by atoms with Crippen LogP contribution in [0.2, 0.25) is 0 Å². The first-order chi connectivity index (χ1) is 11.6. The second kappa shape index (κ2) is 8.78. The molecule has 2 rings (SSSR count). The van der Waals surface area contributed by atoms with Gasteiger partial charge >= 0.3 is 0 Å². The predicted octanol–water partition coefficient (Wildman–Crippen LogP) is 6.20. The van der Waals surface area contributed by atoms with Crippen LogP contribution in [0.25, 0.3) is 0 Å². The monoisotopic (exact) mass is 316 g/mol. The normalized spacial score (nSPS) is 13.0. The van der Waals surface area contributed by atoms with Crippen molar-refractivity contribution in [3.05, 3.63) is 84.5 Å². The smallest absolute Gasteiger partial charge is 0.0666 e. The van der Waals surface area contributed by atoms with Crippen LogP contribution < -0.4 is 0 Å². The highest BCUT2D eigenvalue weighted by atomic mass is 14.7. The first kappa shape index (κ1) is 17.6. The van der Waals surface area contributed by atoms with Crippen LogP contribution in [0.3, 0.4) is 0 Å². The quantitative estimate of drug-likeness (QED) is 0.463. The molecule has 0 bridgehead atoms. The molecule has 2 aromatic carbocycles. The second-order valence-corrected chi connectivity index (χ2v) is 6.43. The Labute approximate surface area is 145 Å². The highest BCUT2D eigenvalue weighted by Crippen LogP contribution is 2.30. The van der Waals surface area contributed by atoms with Gasteiger partial charge in [-0.1, -0.05) is 69.3 Å². The van der Waals surface area contributed by atoms with Crippen LogP contribution in [-0.4, -0.2) is 12.4 Å². The maximum Gasteiger partial charge on any atom is 0.0666 e. The molecule has 0 radical (unpaired) electrons. The molecule has 0 spiro atoms. The fourth-order valence-electron chi connectivity index (χ4n) is 2.21. The van der Waals surface area contributed by atoms with E-state index in [0.717, 1.165) is 11.4 Å². The summed E-state index contributed by atoms with van der Waals surface area (Å²) in [6, 6.07) is 18.1. The van der Waals surface area contributed by atoms with Crippen molar-refractivity contribution in [2.75, 3.05) is 0 Å². The zero-order valence-electron chi connectivity index (χ0n) is 14.6. The Hall–Kier alpha value is -2.74. The van der Waals surface area contributed by atoms with E-state index in [-0.39, 0.29) is 5.41 Å². The second-order valence-electron chi connectivity index (χ2n) is 6.43. The average Bonchev–Trinajstić information content (AvgIpc) is 2.57. The van der Waals surface area contributed by atoms with Gasteiger partial charge in [0.15, 0.2) is 0 Å². The van der Waals surface area contributed by atoms with Gasteiger partial charge in [-0.15, -0.1) is 0 Å². The Morgan fingerprint density at radius 2 is 1.25 bits per heavy atom. The van der Waals surface area contributed by atoms with E-state index in [2.05, 4.69) is 42.9 Å². The standard InChI is InChI=1S/C22H24N2/c1-22(2,3)20-15-9-10-16-21(20)24-18-12-5-4-11-17-23-19-13-7-6-8-14-19/h4-18H,1-3H3/b11-4-,12-5-,23-17?,24-18?. The Kier molecular flexibility index (Phi) is 6.44. The minimum Gasteiger partial charge on any atom is -0.257 e. The van der Waals surface area contributed by atoms with Crippen LogP contribution in [-0.2, 0) is 5.41 Å². The van der Waals surface area contributed by atoms with Crippen molar-refractivity contribution >= 4 is 23.8 Å². The van der Waals surface area contributed by atoms with E-state index in [1.54, 1.807) is 6.21 Å². The lowest BCUT2D eigenvalue weighted by Crippen LogP contribution is -2.10. The lowest BCUT2D eigenvalue weighted by Gasteiger charge is -2.20. The minimum atomic E-state index is 0.0887. The summed E-state index contributed by atoms with van der Waals surface area (Å²) < 4.78 is 0. The van der Waals surface area contributed by atoms with Crippen LogP contribution in [0.4, 0.5) is 11.4 Å². The molecule has 0 amide bonds. The van der Waals surface area contributed by atoms with E-state index in [9.17, 15) is 0 Å². The Morgan fingerprint density at radius 3 is 1.92 bits per heavy atom. The molecule has 2 nitrogen and oxygen atoms in total. The van der Waals surface area contributed by atoms with Crippen molar-refractivity contribution in [2.45, 2.75) is 26.2 Å². The Balaban J connectivity index is 1.92. The summed E-state index contributed by atoms with van der Waals surface area (Å²) in [5, 5.41) is 0.